The summed E-state index contributed by atoms with van der Waals surface area (Å²) in [5.74, 6) is -0.312. The highest BCUT2D eigenvalue weighted by molar-refractivity contribution is 7.11. The molecule has 3 aromatic rings. The smallest absolute Gasteiger partial charge is 0.271 e. The summed E-state index contributed by atoms with van der Waals surface area (Å²) >= 11 is 1.50. The molecule has 0 saturated carbocycles. The molecule has 0 aliphatic heterocycles. The minimum atomic E-state index is -0.362. The van der Waals surface area contributed by atoms with Crippen LogP contribution in [0.1, 0.15) is 26.1 Å². The van der Waals surface area contributed by atoms with Crippen molar-refractivity contribution in [2.45, 2.75) is 20.0 Å². The summed E-state index contributed by atoms with van der Waals surface area (Å²) in [5, 5.41) is 12.6. The third-order valence-corrected chi connectivity index (χ3v) is 4.77. The van der Waals surface area contributed by atoms with Gasteiger partial charge in [-0.2, -0.15) is 0 Å². The summed E-state index contributed by atoms with van der Waals surface area (Å²) in [6, 6.07) is 10.9. The van der Waals surface area contributed by atoms with Crippen LogP contribution in [0.15, 0.2) is 47.4 Å². The molecule has 0 saturated heterocycles. The van der Waals surface area contributed by atoms with Gasteiger partial charge >= 0.3 is 0 Å². The fourth-order valence-corrected chi connectivity index (χ4v) is 3.25. The molecule has 1 aromatic carbocycles. The van der Waals surface area contributed by atoms with Crippen LogP contribution < -0.4 is 15.5 Å². The summed E-state index contributed by atoms with van der Waals surface area (Å²) in [6.45, 7) is 2.49. The van der Waals surface area contributed by atoms with Crippen LogP contribution >= 0.6 is 11.3 Å². The highest BCUT2D eigenvalue weighted by Crippen LogP contribution is 2.15. The van der Waals surface area contributed by atoms with Crippen molar-refractivity contribution in [3.8, 4) is 5.75 Å². The maximum atomic E-state index is 12.7. The highest BCUT2D eigenvalue weighted by atomic mass is 32.1. The van der Waals surface area contributed by atoms with Gasteiger partial charge in [0.05, 0.1) is 0 Å². The number of amides is 1. The SMILES string of the molecule is Cc1nnc(CCNC(=O)c2c(OCc3ccccc3)c(=O)ccn2C)s1. The molecule has 8 heteroatoms. The van der Waals surface area contributed by atoms with Crippen LogP contribution in [0.4, 0.5) is 0 Å². The molecule has 3 rings (SSSR count). The zero-order chi connectivity index (χ0) is 19.2. The summed E-state index contributed by atoms with van der Waals surface area (Å²) in [5.41, 5.74) is 0.794. The zero-order valence-electron chi connectivity index (χ0n) is 15.1. The van der Waals surface area contributed by atoms with Crippen molar-refractivity contribution in [2.75, 3.05) is 6.54 Å². The molecule has 1 N–H and O–H groups in total. The minimum Gasteiger partial charge on any atom is -0.483 e. The number of aryl methyl sites for hydroxylation is 2. The molecule has 27 heavy (non-hydrogen) atoms. The number of hydrogen-bond acceptors (Lipinski definition) is 6. The molecule has 0 aliphatic rings. The number of rotatable bonds is 7. The van der Waals surface area contributed by atoms with Gasteiger partial charge in [-0.3, -0.25) is 9.59 Å². The summed E-state index contributed by atoms with van der Waals surface area (Å²) < 4.78 is 7.30. The number of pyridine rings is 1. The Balaban J connectivity index is 1.72. The van der Waals surface area contributed by atoms with E-state index in [0.29, 0.717) is 13.0 Å². The van der Waals surface area contributed by atoms with E-state index in [2.05, 4.69) is 15.5 Å². The van der Waals surface area contributed by atoms with E-state index < -0.39 is 0 Å². The first kappa shape index (κ1) is 18.8. The third-order valence-electron chi connectivity index (χ3n) is 3.87. The fourth-order valence-electron chi connectivity index (χ4n) is 2.54. The molecule has 0 spiro atoms. The number of carbonyl (C=O) groups is 1. The van der Waals surface area contributed by atoms with Gasteiger partial charge in [-0.15, -0.1) is 21.5 Å². The molecule has 140 valence electrons. The van der Waals surface area contributed by atoms with Crippen molar-refractivity contribution in [1.82, 2.24) is 20.1 Å². The van der Waals surface area contributed by atoms with Crippen LogP contribution in [0.2, 0.25) is 0 Å². The van der Waals surface area contributed by atoms with E-state index in [1.54, 1.807) is 17.8 Å². The van der Waals surface area contributed by atoms with Gasteiger partial charge in [-0.25, -0.2) is 0 Å². The van der Waals surface area contributed by atoms with Crippen LogP contribution in [-0.4, -0.2) is 27.2 Å². The standard InChI is InChI=1S/C19H20N4O3S/c1-13-21-22-16(27-13)8-10-20-19(25)17-18(15(24)9-11-23(17)2)26-12-14-6-4-3-5-7-14/h3-7,9,11H,8,10,12H2,1-2H3,(H,20,25). The van der Waals surface area contributed by atoms with Gasteiger partial charge in [-0.1, -0.05) is 30.3 Å². The predicted octanol–water partition coefficient (Wildman–Crippen LogP) is 2.10. The van der Waals surface area contributed by atoms with E-state index in [4.69, 9.17) is 4.74 Å². The molecule has 0 atom stereocenters. The molecule has 1 amide bonds. The molecule has 0 fully saturated rings. The lowest BCUT2D eigenvalue weighted by Gasteiger charge is -2.14. The number of nitrogens with zero attached hydrogens (tertiary/aromatic N) is 3. The highest BCUT2D eigenvalue weighted by Gasteiger charge is 2.19. The summed E-state index contributed by atoms with van der Waals surface area (Å²) in [4.78, 5) is 24.9. The average molecular weight is 384 g/mol. The maximum absolute atomic E-state index is 12.7. The molecule has 0 radical (unpaired) electrons. The Morgan fingerprint density at radius 2 is 2.00 bits per heavy atom. The van der Waals surface area contributed by atoms with E-state index in [0.717, 1.165) is 15.6 Å². The van der Waals surface area contributed by atoms with E-state index in [1.807, 2.05) is 37.3 Å². The quantitative estimate of drug-likeness (QED) is 0.674. The van der Waals surface area contributed by atoms with Crippen molar-refractivity contribution < 1.29 is 9.53 Å². The third kappa shape index (κ3) is 4.79. The van der Waals surface area contributed by atoms with Crippen molar-refractivity contribution >= 4 is 17.2 Å². The monoisotopic (exact) mass is 384 g/mol. The van der Waals surface area contributed by atoms with Crippen LogP contribution in [0.25, 0.3) is 0 Å². The Morgan fingerprint density at radius 1 is 1.22 bits per heavy atom. The largest absolute Gasteiger partial charge is 0.483 e. The lowest BCUT2D eigenvalue weighted by atomic mass is 10.2. The van der Waals surface area contributed by atoms with E-state index in [1.165, 1.54) is 17.4 Å². The van der Waals surface area contributed by atoms with Gasteiger partial charge in [0.2, 0.25) is 5.43 Å². The van der Waals surface area contributed by atoms with E-state index >= 15 is 0 Å². The molecule has 7 nitrogen and oxygen atoms in total. The van der Waals surface area contributed by atoms with Gasteiger partial charge in [0.15, 0.2) is 11.4 Å². The Labute approximate surface area is 160 Å². The predicted molar refractivity (Wildman–Crippen MR) is 103 cm³/mol. The first-order valence-corrected chi connectivity index (χ1v) is 9.30. The van der Waals surface area contributed by atoms with Crippen LogP contribution in [0.5, 0.6) is 5.75 Å². The number of hydrogen-bond donors (Lipinski definition) is 1. The molecule has 0 bridgehead atoms. The maximum Gasteiger partial charge on any atom is 0.271 e. The van der Waals surface area contributed by atoms with Gasteiger partial charge in [-0.05, 0) is 12.5 Å². The van der Waals surface area contributed by atoms with Crippen molar-refractivity contribution in [1.29, 1.82) is 0 Å². The number of carbonyl (C=O) groups excluding carboxylic acids is 1. The Bertz CT molecular complexity index is 982. The van der Waals surface area contributed by atoms with Crippen molar-refractivity contribution in [2.24, 2.45) is 7.05 Å². The topological polar surface area (TPSA) is 86.1 Å². The molecule has 2 heterocycles. The van der Waals surface area contributed by atoms with Crippen LogP contribution in [-0.2, 0) is 20.1 Å². The van der Waals surface area contributed by atoms with E-state index in [9.17, 15) is 9.59 Å². The second-order valence-corrected chi connectivity index (χ2v) is 7.23. The van der Waals surface area contributed by atoms with E-state index in [-0.39, 0.29) is 29.4 Å². The number of benzene rings is 1. The average Bonchev–Trinajstić information content (AvgIpc) is 3.08. The fraction of sp³-hybridized carbons (Fsp3) is 0.263. The Hall–Kier alpha value is -3.00. The number of ether oxygens (including phenoxy) is 1. The molecular formula is C19H20N4O3S. The van der Waals surface area contributed by atoms with Crippen LogP contribution in [0.3, 0.4) is 0 Å². The zero-order valence-corrected chi connectivity index (χ0v) is 16.0. The molecular weight excluding hydrogens is 364 g/mol. The Kier molecular flexibility index (Phi) is 5.97. The summed E-state index contributed by atoms with van der Waals surface area (Å²) in [7, 11) is 1.71. The normalized spacial score (nSPS) is 10.6. The number of aromatic nitrogens is 3. The van der Waals surface area contributed by atoms with Gasteiger partial charge < -0.3 is 14.6 Å². The van der Waals surface area contributed by atoms with Crippen LogP contribution in [0, 0.1) is 6.92 Å². The lowest BCUT2D eigenvalue weighted by Crippen LogP contribution is -2.30. The first-order chi connectivity index (χ1) is 13.0. The van der Waals surface area contributed by atoms with Crippen molar-refractivity contribution in [3.63, 3.8) is 0 Å². The molecule has 2 aromatic heterocycles. The number of nitrogens with one attached hydrogen (secondary N) is 1. The molecule has 0 aliphatic carbocycles. The van der Waals surface area contributed by atoms with Crippen molar-refractivity contribution in [3.05, 3.63) is 74.1 Å². The Morgan fingerprint density at radius 3 is 2.70 bits per heavy atom. The van der Waals surface area contributed by atoms with Gasteiger partial charge in [0.1, 0.15) is 16.6 Å². The van der Waals surface area contributed by atoms with Gasteiger partial charge in [0, 0.05) is 32.3 Å². The summed E-state index contributed by atoms with van der Waals surface area (Å²) in [6.07, 6.45) is 2.14. The minimum absolute atomic E-state index is 0.0492. The first-order valence-electron chi connectivity index (χ1n) is 8.48. The second-order valence-electron chi connectivity index (χ2n) is 5.96. The lowest BCUT2D eigenvalue weighted by molar-refractivity contribution is 0.0939. The molecule has 0 unspecified atom stereocenters. The second kappa shape index (κ2) is 8.59. The van der Waals surface area contributed by atoms with Gasteiger partial charge in [0.25, 0.3) is 5.91 Å².